The molecule has 0 aliphatic heterocycles. The molecule has 0 heterocycles. The third kappa shape index (κ3) is 6.98. The van der Waals surface area contributed by atoms with Crippen LogP contribution in [0.5, 0.6) is 11.5 Å². The molecule has 0 fully saturated rings. The molecule has 0 bridgehead atoms. The summed E-state index contributed by atoms with van der Waals surface area (Å²) in [7, 11) is 1.64. The van der Waals surface area contributed by atoms with Gasteiger partial charge in [-0.25, -0.2) is 0 Å². The van der Waals surface area contributed by atoms with Crippen LogP contribution in [0.2, 0.25) is 5.02 Å². The molecule has 0 aliphatic rings. The van der Waals surface area contributed by atoms with Crippen LogP contribution in [0.25, 0.3) is 0 Å². The molecule has 0 amide bonds. The number of halogens is 1. The van der Waals surface area contributed by atoms with E-state index >= 15 is 0 Å². The van der Waals surface area contributed by atoms with E-state index < -0.39 is 0 Å². The second-order valence-electron chi connectivity index (χ2n) is 5.83. The number of nitrogens with one attached hydrogen (secondary N) is 1. The lowest BCUT2D eigenvalue weighted by atomic mass is 10.2. The zero-order chi connectivity index (χ0) is 17.2. The lowest BCUT2D eigenvalue weighted by molar-refractivity contribution is 0.230. The highest BCUT2D eigenvalue weighted by Gasteiger charge is 2.13. The van der Waals surface area contributed by atoms with E-state index in [0.29, 0.717) is 16.5 Å². The van der Waals surface area contributed by atoms with Crippen LogP contribution in [0.3, 0.4) is 0 Å². The molecule has 0 atom stereocenters. The number of benzene rings is 1. The van der Waals surface area contributed by atoms with Crippen molar-refractivity contribution >= 4 is 11.6 Å². The Labute approximate surface area is 146 Å². The Kier molecular flexibility index (Phi) is 9.37. The van der Waals surface area contributed by atoms with Crippen molar-refractivity contribution in [3.63, 3.8) is 0 Å². The Morgan fingerprint density at radius 1 is 1.22 bits per heavy atom. The molecule has 132 valence electrons. The van der Waals surface area contributed by atoms with E-state index in [2.05, 4.69) is 24.1 Å². The maximum absolute atomic E-state index is 6.34. The lowest BCUT2D eigenvalue weighted by Crippen LogP contribution is -2.27. The Balaban J connectivity index is 2.53. The number of rotatable bonds is 11. The van der Waals surface area contributed by atoms with Gasteiger partial charge in [-0.1, -0.05) is 25.4 Å². The van der Waals surface area contributed by atoms with Crippen molar-refractivity contribution in [3.05, 3.63) is 22.7 Å². The minimum atomic E-state index is 0.0606. The summed E-state index contributed by atoms with van der Waals surface area (Å²) in [6, 6.07) is 3.93. The fourth-order valence-electron chi connectivity index (χ4n) is 2.43. The van der Waals surface area contributed by atoms with Crippen molar-refractivity contribution in [2.75, 3.05) is 33.3 Å². The van der Waals surface area contributed by atoms with Crippen LogP contribution in [0, 0.1) is 0 Å². The SMILES string of the molecule is CCN(CC)CCCNCc1cc(Cl)c(OC(C)C)c(OC)c1. The zero-order valence-corrected chi connectivity index (χ0v) is 15.9. The molecule has 1 aromatic carbocycles. The first kappa shape index (κ1) is 20.1. The van der Waals surface area contributed by atoms with Gasteiger partial charge in [0.15, 0.2) is 11.5 Å². The van der Waals surface area contributed by atoms with Gasteiger partial charge in [-0.2, -0.15) is 0 Å². The molecule has 0 saturated carbocycles. The van der Waals surface area contributed by atoms with E-state index in [1.165, 1.54) is 0 Å². The van der Waals surface area contributed by atoms with E-state index in [1.807, 2.05) is 26.0 Å². The van der Waals surface area contributed by atoms with Crippen LogP contribution in [-0.2, 0) is 6.54 Å². The van der Waals surface area contributed by atoms with Crippen LogP contribution in [0.1, 0.15) is 39.7 Å². The molecule has 0 aliphatic carbocycles. The van der Waals surface area contributed by atoms with Gasteiger partial charge in [0.25, 0.3) is 0 Å². The summed E-state index contributed by atoms with van der Waals surface area (Å²) in [6.45, 7) is 13.5. The Bertz CT molecular complexity index is 463. The number of nitrogens with zero attached hydrogens (tertiary/aromatic N) is 1. The van der Waals surface area contributed by atoms with Gasteiger partial charge in [0.05, 0.1) is 18.2 Å². The fraction of sp³-hybridized carbons (Fsp3) is 0.667. The molecule has 0 spiro atoms. The molecule has 0 saturated heterocycles. The van der Waals surface area contributed by atoms with Crippen molar-refractivity contribution in [1.82, 2.24) is 10.2 Å². The molecule has 1 N–H and O–H groups in total. The summed E-state index contributed by atoms with van der Waals surface area (Å²) in [6.07, 6.45) is 1.20. The number of ether oxygens (including phenoxy) is 2. The second-order valence-corrected chi connectivity index (χ2v) is 6.24. The molecule has 0 unspecified atom stereocenters. The monoisotopic (exact) mass is 342 g/mol. The topological polar surface area (TPSA) is 33.7 Å². The summed E-state index contributed by atoms with van der Waals surface area (Å²) >= 11 is 6.34. The standard InChI is InChI=1S/C18H31ClN2O2/c1-6-21(7-2)10-8-9-20-13-15-11-16(19)18(23-14(3)4)17(12-15)22-5/h11-12,14,20H,6-10,13H2,1-5H3. The van der Waals surface area contributed by atoms with Crippen LogP contribution in [-0.4, -0.2) is 44.3 Å². The first-order valence-electron chi connectivity index (χ1n) is 8.47. The van der Waals surface area contributed by atoms with Gasteiger partial charge in [0, 0.05) is 6.54 Å². The third-order valence-corrected chi connectivity index (χ3v) is 3.97. The predicted molar refractivity (Wildman–Crippen MR) is 97.9 cm³/mol. The van der Waals surface area contributed by atoms with Gasteiger partial charge < -0.3 is 19.7 Å². The van der Waals surface area contributed by atoms with Crippen LogP contribution in [0.15, 0.2) is 12.1 Å². The highest BCUT2D eigenvalue weighted by molar-refractivity contribution is 6.32. The summed E-state index contributed by atoms with van der Waals surface area (Å²) in [5.74, 6) is 1.31. The first-order chi connectivity index (χ1) is 11.0. The second kappa shape index (κ2) is 10.7. The average Bonchev–Trinajstić information content (AvgIpc) is 2.52. The summed E-state index contributed by atoms with van der Waals surface area (Å²) in [5, 5.41) is 4.06. The normalized spacial score (nSPS) is 11.3. The van der Waals surface area contributed by atoms with Gasteiger partial charge >= 0.3 is 0 Å². The van der Waals surface area contributed by atoms with E-state index in [1.54, 1.807) is 7.11 Å². The largest absolute Gasteiger partial charge is 0.493 e. The molecule has 1 aromatic rings. The van der Waals surface area contributed by atoms with E-state index in [4.69, 9.17) is 21.1 Å². The molecule has 5 heteroatoms. The Hall–Kier alpha value is -0.970. The quantitative estimate of drug-likeness (QED) is 0.617. The highest BCUT2D eigenvalue weighted by atomic mass is 35.5. The minimum Gasteiger partial charge on any atom is -0.493 e. The van der Waals surface area contributed by atoms with Crippen molar-refractivity contribution in [2.45, 2.75) is 46.8 Å². The molecular formula is C18H31ClN2O2. The fourth-order valence-corrected chi connectivity index (χ4v) is 2.70. The highest BCUT2D eigenvalue weighted by Crippen LogP contribution is 2.37. The smallest absolute Gasteiger partial charge is 0.180 e. The maximum atomic E-state index is 6.34. The zero-order valence-electron chi connectivity index (χ0n) is 15.1. The van der Waals surface area contributed by atoms with Crippen LogP contribution < -0.4 is 14.8 Å². The predicted octanol–water partition coefficient (Wildman–Crippen LogP) is 3.96. The molecule has 1 rings (SSSR count). The van der Waals surface area contributed by atoms with E-state index in [-0.39, 0.29) is 6.10 Å². The third-order valence-electron chi connectivity index (χ3n) is 3.69. The lowest BCUT2D eigenvalue weighted by Gasteiger charge is -2.18. The number of hydrogen-bond acceptors (Lipinski definition) is 4. The van der Waals surface area contributed by atoms with Crippen molar-refractivity contribution in [1.29, 1.82) is 0 Å². The molecule has 4 nitrogen and oxygen atoms in total. The van der Waals surface area contributed by atoms with Gasteiger partial charge in [0.1, 0.15) is 0 Å². The summed E-state index contributed by atoms with van der Waals surface area (Å²) in [5.41, 5.74) is 1.10. The van der Waals surface area contributed by atoms with Crippen LogP contribution in [0.4, 0.5) is 0 Å². The van der Waals surface area contributed by atoms with Crippen molar-refractivity contribution < 1.29 is 9.47 Å². The van der Waals surface area contributed by atoms with Gasteiger partial charge in [-0.3, -0.25) is 0 Å². The van der Waals surface area contributed by atoms with E-state index in [9.17, 15) is 0 Å². The van der Waals surface area contributed by atoms with Gasteiger partial charge in [-0.05, 0) is 64.1 Å². The van der Waals surface area contributed by atoms with Gasteiger partial charge in [-0.15, -0.1) is 0 Å². The number of methoxy groups -OCH3 is 1. The van der Waals surface area contributed by atoms with Gasteiger partial charge in [0.2, 0.25) is 0 Å². The minimum absolute atomic E-state index is 0.0606. The van der Waals surface area contributed by atoms with Crippen molar-refractivity contribution in [3.8, 4) is 11.5 Å². The summed E-state index contributed by atoms with van der Waals surface area (Å²) in [4.78, 5) is 2.43. The summed E-state index contributed by atoms with van der Waals surface area (Å²) < 4.78 is 11.1. The van der Waals surface area contributed by atoms with Crippen molar-refractivity contribution in [2.24, 2.45) is 0 Å². The molecule has 0 aromatic heterocycles. The Morgan fingerprint density at radius 3 is 2.48 bits per heavy atom. The van der Waals surface area contributed by atoms with E-state index in [0.717, 1.165) is 44.7 Å². The Morgan fingerprint density at radius 2 is 1.91 bits per heavy atom. The maximum Gasteiger partial charge on any atom is 0.180 e. The average molecular weight is 343 g/mol. The first-order valence-corrected chi connectivity index (χ1v) is 8.85. The number of hydrogen-bond donors (Lipinski definition) is 1. The molecular weight excluding hydrogens is 312 g/mol. The molecule has 23 heavy (non-hydrogen) atoms. The van der Waals surface area contributed by atoms with Crippen LogP contribution >= 0.6 is 11.6 Å². The molecule has 0 radical (unpaired) electrons.